The first kappa shape index (κ1) is 24.9. The molecule has 0 unspecified atom stereocenters. The second-order valence-corrected chi connectivity index (χ2v) is 8.76. The number of hydrogen-bond acceptors (Lipinski definition) is 5. The van der Waals surface area contributed by atoms with Gasteiger partial charge in [-0.15, -0.1) is 0 Å². The van der Waals surface area contributed by atoms with Crippen LogP contribution in [0.25, 0.3) is 0 Å². The van der Waals surface area contributed by atoms with Gasteiger partial charge in [0.2, 0.25) is 0 Å². The van der Waals surface area contributed by atoms with Crippen molar-refractivity contribution in [2.45, 2.75) is 84.0 Å². The van der Waals surface area contributed by atoms with Crippen molar-refractivity contribution in [2.75, 3.05) is 0 Å². The molecule has 1 saturated heterocycles. The maximum atomic E-state index is 12.4. The first-order chi connectivity index (χ1) is 13.4. The Morgan fingerprint density at radius 3 is 2.83 bits per heavy atom. The first-order valence-corrected chi connectivity index (χ1v) is 10.8. The van der Waals surface area contributed by atoms with Crippen molar-refractivity contribution >= 4 is 49.7 Å². The minimum absolute atomic E-state index is 0. The molecule has 0 spiro atoms. The van der Waals surface area contributed by atoms with Crippen molar-refractivity contribution in [3.63, 3.8) is 0 Å². The van der Waals surface area contributed by atoms with Crippen molar-refractivity contribution in [2.24, 2.45) is 23.7 Å². The topological polar surface area (TPSA) is 72.8 Å². The number of rotatable bonds is 6. The van der Waals surface area contributed by atoms with E-state index in [1.165, 1.54) is 5.57 Å². The zero-order chi connectivity index (χ0) is 20.3. The fourth-order valence-corrected chi connectivity index (χ4v) is 4.80. The first-order valence-electron chi connectivity index (χ1n) is 10.8. The van der Waals surface area contributed by atoms with Crippen LogP contribution in [0.4, 0.5) is 0 Å². The van der Waals surface area contributed by atoms with Crippen molar-refractivity contribution in [3.05, 3.63) is 23.8 Å². The molecule has 0 amide bonds. The summed E-state index contributed by atoms with van der Waals surface area (Å²) >= 11 is 0. The molecule has 2 aliphatic carbocycles. The summed E-state index contributed by atoms with van der Waals surface area (Å²) in [6.07, 6.45) is 10.6. The standard InChI is InChI=1S/C23H34O5.Ca/c1-4-14(2)23(26)28-20-7-5-6-16-9-8-15(3)19(22(16)20)11-10-18-12-17(24)13-21(25)27-18;/h6,8-9,14-15,17-20,22,24H,4-5,7,10-13H2,1-3H3;/q;+2/t14-,15-,17+,18+,19-,20-,22-;/m0./s1. The van der Waals surface area contributed by atoms with Crippen LogP contribution in [-0.4, -0.2) is 73.1 Å². The number of ether oxygens (including phenoxy) is 2. The summed E-state index contributed by atoms with van der Waals surface area (Å²) in [6, 6.07) is 0. The third kappa shape index (κ3) is 6.32. The van der Waals surface area contributed by atoms with Crippen LogP contribution in [0.5, 0.6) is 0 Å². The Morgan fingerprint density at radius 1 is 1.38 bits per heavy atom. The van der Waals surface area contributed by atoms with Crippen LogP contribution in [0.15, 0.2) is 23.8 Å². The smallest absolute Gasteiger partial charge is 0.462 e. The fraction of sp³-hybridized carbons (Fsp3) is 0.739. The molecule has 0 bridgehead atoms. The molecule has 7 atom stereocenters. The Bertz CT molecular complexity index is 643. The molecule has 0 aromatic heterocycles. The number of aliphatic hydroxyl groups is 1. The number of aliphatic hydroxyl groups excluding tert-OH is 1. The van der Waals surface area contributed by atoms with Crippen molar-refractivity contribution in [1.82, 2.24) is 0 Å². The molecule has 3 aliphatic rings. The predicted octanol–water partition coefficient (Wildman–Crippen LogP) is 3.57. The molecule has 156 valence electrons. The zero-order valence-corrected chi connectivity index (χ0v) is 20.2. The quantitative estimate of drug-likeness (QED) is 0.515. The molecule has 6 heteroatoms. The molecule has 5 nitrogen and oxygen atoms in total. The van der Waals surface area contributed by atoms with Crippen LogP contribution >= 0.6 is 0 Å². The molecule has 1 heterocycles. The summed E-state index contributed by atoms with van der Waals surface area (Å²) in [5.74, 6) is 0.426. The summed E-state index contributed by atoms with van der Waals surface area (Å²) < 4.78 is 11.4. The van der Waals surface area contributed by atoms with Gasteiger partial charge in [-0.25, -0.2) is 0 Å². The monoisotopic (exact) mass is 430 g/mol. The van der Waals surface area contributed by atoms with Gasteiger partial charge in [-0.1, -0.05) is 39.0 Å². The fourth-order valence-electron chi connectivity index (χ4n) is 4.80. The number of fused-ring (bicyclic) bond motifs is 1. The largest absolute Gasteiger partial charge is 2.00 e. The average Bonchev–Trinajstić information content (AvgIpc) is 2.66. The van der Waals surface area contributed by atoms with Crippen molar-refractivity contribution < 1.29 is 24.2 Å². The van der Waals surface area contributed by atoms with Gasteiger partial charge in [0.25, 0.3) is 0 Å². The van der Waals surface area contributed by atoms with Crippen LogP contribution in [0, 0.1) is 23.7 Å². The molecule has 1 N–H and O–H groups in total. The summed E-state index contributed by atoms with van der Waals surface area (Å²) in [4.78, 5) is 24.1. The number of cyclic esters (lactones) is 1. The number of carbonyl (C=O) groups excluding carboxylic acids is 2. The van der Waals surface area contributed by atoms with Gasteiger partial charge in [0.15, 0.2) is 0 Å². The van der Waals surface area contributed by atoms with Gasteiger partial charge < -0.3 is 14.6 Å². The number of esters is 2. The van der Waals surface area contributed by atoms with E-state index in [-0.39, 0.29) is 80.1 Å². The van der Waals surface area contributed by atoms with E-state index in [4.69, 9.17) is 9.47 Å². The van der Waals surface area contributed by atoms with E-state index in [9.17, 15) is 14.7 Å². The van der Waals surface area contributed by atoms with E-state index < -0.39 is 6.10 Å². The Balaban J connectivity index is 0.00000300. The molecule has 3 rings (SSSR count). The number of carbonyl (C=O) groups is 2. The molecular weight excluding hydrogens is 396 g/mol. The van der Waals surface area contributed by atoms with Crippen LogP contribution in [0.2, 0.25) is 0 Å². The minimum Gasteiger partial charge on any atom is -0.462 e. The Hall–Kier alpha value is -0.360. The van der Waals surface area contributed by atoms with E-state index in [1.807, 2.05) is 13.8 Å². The molecule has 29 heavy (non-hydrogen) atoms. The molecule has 1 fully saturated rings. The second kappa shape index (κ2) is 11.3. The predicted molar refractivity (Wildman–Crippen MR) is 112 cm³/mol. The van der Waals surface area contributed by atoms with Crippen molar-refractivity contribution in [3.8, 4) is 0 Å². The van der Waals surface area contributed by atoms with Gasteiger partial charge in [-0.05, 0) is 49.5 Å². The summed E-state index contributed by atoms with van der Waals surface area (Å²) in [5, 5.41) is 9.86. The maximum absolute atomic E-state index is 12.4. The normalized spacial score (nSPS) is 34.9. The van der Waals surface area contributed by atoms with Gasteiger partial charge in [-0.2, -0.15) is 0 Å². The maximum Gasteiger partial charge on any atom is 2.00 e. The zero-order valence-electron chi connectivity index (χ0n) is 18.0. The summed E-state index contributed by atoms with van der Waals surface area (Å²) in [6.45, 7) is 6.14. The third-order valence-corrected chi connectivity index (χ3v) is 6.69. The molecule has 0 aromatic carbocycles. The van der Waals surface area contributed by atoms with Crippen LogP contribution in [0.1, 0.15) is 65.7 Å². The van der Waals surface area contributed by atoms with Gasteiger partial charge in [0.05, 0.1) is 18.4 Å². The van der Waals surface area contributed by atoms with Crippen LogP contribution in [-0.2, 0) is 19.1 Å². The Morgan fingerprint density at radius 2 is 2.14 bits per heavy atom. The van der Waals surface area contributed by atoms with Gasteiger partial charge >= 0.3 is 49.7 Å². The van der Waals surface area contributed by atoms with Gasteiger partial charge in [0, 0.05) is 12.3 Å². The van der Waals surface area contributed by atoms with E-state index >= 15 is 0 Å². The van der Waals surface area contributed by atoms with E-state index in [2.05, 4.69) is 25.2 Å². The number of allylic oxidation sites excluding steroid dienone is 3. The number of hydrogen-bond donors (Lipinski definition) is 1. The van der Waals surface area contributed by atoms with Gasteiger partial charge in [-0.3, -0.25) is 9.59 Å². The van der Waals surface area contributed by atoms with Crippen LogP contribution in [0.3, 0.4) is 0 Å². The van der Waals surface area contributed by atoms with Crippen LogP contribution < -0.4 is 0 Å². The summed E-state index contributed by atoms with van der Waals surface area (Å²) in [7, 11) is 0. The Kier molecular flexibility index (Phi) is 9.72. The van der Waals surface area contributed by atoms with E-state index in [0.29, 0.717) is 18.3 Å². The van der Waals surface area contributed by atoms with Crippen molar-refractivity contribution in [1.29, 1.82) is 0 Å². The molecule has 0 aromatic rings. The molecule has 0 radical (unpaired) electrons. The summed E-state index contributed by atoms with van der Waals surface area (Å²) in [5.41, 5.74) is 1.27. The van der Waals surface area contributed by atoms with Gasteiger partial charge in [0.1, 0.15) is 12.2 Å². The average molecular weight is 431 g/mol. The second-order valence-electron chi connectivity index (χ2n) is 8.76. The third-order valence-electron chi connectivity index (χ3n) is 6.69. The molecular formula is C23H34CaO5+2. The Labute approximate surface area is 204 Å². The molecule has 1 aliphatic heterocycles. The van der Waals surface area contributed by atoms with E-state index in [1.54, 1.807) is 0 Å². The van der Waals surface area contributed by atoms with E-state index in [0.717, 1.165) is 32.1 Å². The minimum atomic E-state index is -0.593. The SMILES string of the molecule is CC[C@H](C)C(=O)O[C@H]1CCC=C2C=C[C@H](C)[C@H](CC[C@@H]3C[C@@H](O)CC(=O)O3)[C@H]21.[Ca+2]. The molecule has 0 saturated carbocycles.